The SMILES string of the molecule is Cn1ccc2cc(Nc3cnccc3N)ccc21. The average molecular weight is 238 g/mol. The molecular weight excluding hydrogens is 224 g/mol. The Morgan fingerprint density at radius 2 is 2.11 bits per heavy atom. The lowest BCUT2D eigenvalue weighted by Gasteiger charge is -2.08. The van der Waals surface area contributed by atoms with Gasteiger partial charge < -0.3 is 15.6 Å². The third kappa shape index (κ3) is 1.78. The minimum Gasteiger partial charge on any atom is -0.397 e. The molecule has 4 heteroatoms. The van der Waals surface area contributed by atoms with Gasteiger partial charge in [0.2, 0.25) is 0 Å². The molecule has 0 aliphatic heterocycles. The normalized spacial score (nSPS) is 10.7. The van der Waals surface area contributed by atoms with E-state index < -0.39 is 0 Å². The van der Waals surface area contributed by atoms with E-state index in [4.69, 9.17) is 5.73 Å². The topological polar surface area (TPSA) is 55.9 Å². The number of aryl methyl sites for hydroxylation is 1. The van der Waals surface area contributed by atoms with Crippen molar-refractivity contribution in [3.8, 4) is 0 Å². The van der Waals surface area contributed by atoms with Crippen LogP contribution in [0.5, 0.6) is 0 Å². The van der Waals surface area contributed by atoms with Gasteiger partial charge in [0.05, 0.1) is 17.6 Å². The van der Waals surface area contributed by atoms with E-state index in [2.05, 4.69) is 33.1 Å². The lowest BCUT2D eigenvalue weighted by Crippen LogP contribution is -1.96. The zero-order valence-electron chi connectivity index (χ0n) is 10.1. The minimum absolute atomic E-state index is 0.693. The lowest BCUT2D eigenvalue weighted by atomic mass is 10.2. The fourth-order valence-corrected chi connectivity index (χ4v) is 2.02. The Bertz CT molecular complexity index is 700. The summed E-state index contributed by atoms with van der Waals surface area (Å²) >= 11 is 0. The molecule has 0 unspecified atom stereocenters. The zero-order chi connectivity index (χ0) is 12.5. The number of fused-ring (bicyclic) bond motifs is 1. The largest absolute Gasteiger partial charge is 0.397 e. The van der Waals surface area contributed by atoms with Crippen molar-refractivity contribution in [3.05, 3.63) is 48.9 Å². The number of hydrogen-bond donors (Lipinski definition) is 2. The molecule has 90 valence electrons. The van der Waals surface area contributed by atoms with E-state index in [1.54, 1.807) is 18.5 Å². The Hall–Kier alpha value is -2.49. The van der Waals surface area contributed by atoms with Gasteiger partial charge in [-0.25, -0.2) is 0 Å². The van der Waals surface area contributed by atoms with E-state index in [9.17, 15) is 0 Å². The van der Waals surface area contributed by atoms with Crippen LogP contribution in [0.25, 0.3) is 10.9 Å². The van der Waals surface area contributed by atoms with Crippen LogP contribution in [0.1, 0.15) is 0 Å². The Kier molecular flexibility index (Phi) is 2.41. The second kappa shape index (κ2) is 4.07. The number of anilines is 3. The van der Waals surface area contributed by atoms with Gasteiger partial charge in [-0.2, -0.15) is 0 Å². The van der Waals surface area contributed by atoms with E-state index in [0.717, 1.165) is 11.4 Å². The van der Waals surface area contributed by atoms with Gasteiger partial charge in [0.15, 0.2) is 0 Å². The molecule has 0 spiro atoms. The third-order valence-corrected chi connectivity index (χ3v) is 3.02. The molecule has 2 heterocycles. The van der Waals surface area contributed by atoms with Gasteiger partial charge in [0, 0.05) is 36.0 Å². The van der Waals surface area contributed by atoms with Crippen LogP contribution in [0.3, 0.4) is 0 Å². The number of rotatable bonds is 2. The molecule has 2 aromatic heterocycles. The maximum Gasteiger partial charge on any atom is 0.0804 e. The number of nitrogen functional groups attached to an aromatic ring is 1. The van der Waals surface area contributed by atoms with Crippen LogP contribution >= 0.6 is 0 Å². The molecule has 18 heavy (non-hydrogen) atoms. The van der Waals surface area contributed by atoms with Gasteiger partial charge in [-0.3, -0.25) is 4.98 Å². The van der Waals surface area contributed by atoms with Gasteiger partial charge >= 0.3 is 0 Å². The molecule has 0 saturated heterocycles. The maximum atomic E-state index is 5.88. The molecular formula is C14H14N4. The zero-order valence-corrected chi connectivity index (χ0v) is 10.1. The van der Waals surface area contributed by atoms with Gasteiger partial charge in [-0.1, -0.05) is 0 Å². The number of pyridine rings is 1. The van der Waals surface area contributed by atoms with Crippen LogP contribution in [0, 0.1) is 0 Å². The highest BCUT2D eigenvalue weighted by Crippen LogP contribution is 2.25. The van der Waals surface area contributed by atoms with E-state index in [0.29, 0.717) is 5.69 Å². The van der Waals surface area contributed by atoms with Crippen LogP contribution in [-0.2, 0) is 7.05 Å². The Labute approximate surface area is 105 Å². The van der Waals surface area contributed by atoms with E-state index >= 15 is 0 Å². The first-order valence-corrected chi connectivity index (χ1v) is 5.75. The number of nitrogens with two attached hydrogens (primary N) is 1. The fourth-order valence-electron chi connectivity index (χ4n) is 2.02. The Morgan fingerprint density at radius 1 is 1.22 bits per heavy atom. The van der Waals surface area contributed by atoms with Crippen LogP contribution < -0.4 is 11.1 Å². The molecule has 0 aliphatic carbocycles. The third-order valence-electron chi connectivity index (χ3n) is 3.02. The number of nitrogens with zero attached hydrogens (tertiary/aromatic N) is 2. The molecule has 0 aliphatic rings. The molecule has 0 saturated carbocycles. The lowest BCUT2D eigenvalue weighted by molar-refractivity contribution is 0.969. The summed E-state index contributed by atoms with van der Waals surface area (Å²) in [5.74, 6) is 0. The Morgan fingerprint density at radius 3 is 2.94 bits per heavy atom. The van der Waals surface area contributed by atoms with Crippen LogP contribution in [0.4, 0.5) is 17.1 Å². The first kappa shape index (κ1) is 10.7. The van der Waals surface area contributed by atoms with Gasteiger partial charge in [0.25, 0.3) is 0 Å². The highest BCUT2D eigenvalue weighted by Gasteiger charge is 2.02. The van der Waals surface area contributed by atoms with Gasteiger partial charge in [-0.05, 0) is 30.3 Å². The summed E-state index contributed by atoms with van der Waals surface area (Å²) in [6.45, 7) is 0. The summed E-state index contributed by atoms with van der Waals surface area (Å²) in [6.07, 6.45) is 5.46. The molecule has 0 fully saturated rings. The quantitative estimate of drug-likeness (QED) is 0.721. The monoisotopic (exact) mass is 238 g/mol. The molecule has 3 aromatic rings. The number of aromatic nitrogens is 2. The second-order valence-electron chi connectivity index (χ2n) is 4.29. The summed E-state index contributed by atoms with van der Waals surface area (Å²) in [5, 5.41) is 4.48. The van der Waals surface area contributed by atoms with E-state index in [1.165, 1.54) is 10.9 Å². The molecule has 3 rings (SSSR count). The summed E-state index contributed by atoms with van der Waals surface area (Å²) in [4.78, 5) is 4.06. The van der Waals surface area contributed by atoms with Crippen LogP contribution in [0.15, 0.2) is 48.9 Å². The second-order valence-corrected chi connectivity index (χ2v) is 4.29. The van der Waals surface area contributed by atoms with Gasteiger partial charge in [-0.15, -0.1) is 0 Å². The van der Waals surface area contributed by atoms with Crippen molar-refractivity contribution in [3.63, 3.8) is 0 Å². The van der Waals surface area contributed by atoms with Gasteiger partial charge in [0.1, 0.15) is 0 Å². The van der Waals surface area contributed by atoms with Crippen molar-refractivity contribution >= 4 is 28.0 Å². The first-order valence-electron chi connectivity index (χ1n) is 5.75. The van der Waals surface area contributed by atoms with E-state index in [1.807, 2.05) is 19.3 Å². The highest BCUT2D eigenvalue weighted by molar-refractivity contribution is 5.85. The number of nitrogens with one attached hydrogen (secondary N) is 1. The molecule has 0 radical (unpaired) electrons. The van der Waals surface area contributed by atoms with Crippen molar-refractivity contribution in [2.45, 2.75) is 0 Å². The molecule has 3 N–H and O–H groups in total. The average Bonchev–Trinajstić information content (AvgIpc) is 2.74. The van der Waals surface area contributed by atoms with Crippen LogP contribution in [0.2, 0.25) is 0 Å². The van der Waals surface area contributed by atoms with Crippen molar-refractivity contribution in [1.82, 2.24) is 9.55 Å². The van der Waals surface area contributed by atoms with Crippen LogP contribution in [-0.4, -0.2) is 9.55 Å². The molecule has 0 atom stereocenters. The van der Waals surface area contributed by atoms with Crippen molar-refractivity contribution < 1.29 is 0 Å². The minimum atomic E-state index is 0.693. The first-order chi connectivity index (χ1) is 8.74. The maximum absolute atomic E-state index is 5.88. The summed E-state index contributed by atoms with van der Waals surface area (Å²) in [6, 6.07) is 10.1. The van der Waals surface area contributed by atoms with Crippen molar-refractivity contribution in [2.24, 2.45) is 7.05 Å². The number of hydrogen-bond acceptors (Lipinski definition) is 3. The van der Waals surface area contributed by atoms with Crippen molar-refractivity contribution in [1.29, 1.82) is 0 Å². The smallest absolute Gasteiger partial charge is 0.0804 e. The summed E-state index contributed by atoms with van der Waals surface area (Å²) < 4.78 is 2.09. The predicted molar refractivity (Wildman–Crippen MR) is 74.9 cm³/mol. The predicted octanol–water partition coefficient (Wildman–Crippen LogP) is 2.90. The van der Waals surface area contributed by atoms with Crippen molar-refractivity contribution in [2.75, 3.05) is 11.1 Å². The van der Waals surface area contributed by atoms with E-state index in [-0.39, 0.29) is 0 Å². The fraction of sp³-hybridized carbons (Fsp3) is 0.0714. The molecule has 4 nitrogen and oxygen atoms in total. The Balaban J connectivity index is 1.98. The molecule has 0 amide bonds. The standard InChI is InChI=1S/C14H14N4/c1-18-7-5-10-8-11(2-3-14(10)18)17-13-9-16-6-4-12(13)15/h2-9,17H,1H3,(H2,15,16). The molecule has 0 bridgehead atoms. The number of benzene rings is 1. The summed E-state index contributed by atoms with van der Waals surface area (Å²) in [5.41, 5.74) is 9.61. The summed E-state index contributed by atoms with van der Waals surface area (Å²) in [7, 11) is 2.04. The highest BCUT2D eigenvalue weighted by atomic mass is 14.9. The molecule has 1 aromatic carbocycles.